The smallest absolute Gasteiger partial charge is 0.255 e. The second kappa shape index (κ2) is 8.39. The van der Waals surface area contributed by atoms with Gasteiger partial charge in [0.2, 0.25) is 5.89 Å². The summed E-state index contributed by atoms with van der Waals surface area (Å²) in [6.45, 7) is 0.389. The predicted molar refractivity (Wildman–Crippen MR) is 119 cm³/mol. The van der Waals surface area contributed by atoms with Gasteiger partial charge < -0.3 is 14.5 Å². The van der Waals surface area contributed by atoms with Crippen LogP contribution in [0, 0.1) is 0 Å². The van der Waals surface area contributed by atoms with Crippen molar-refractivity contribution in [1.82, 2.24) is 10.3 Å². The molecule has 0 aliphatic heterocycles. The SMILES string of the molecule is COc1c(Br)cc(Br)cc1C(=O)NCc1ccc(-c2nc3ccccc3o2)cc1. The van der Waals surface area contributed by atoms with Crippen LogP contribution in [0.25, 0.3) is 22.6 Å². The molecule has 5 nitrogen and oxygen atoms in total. The van der Waals surface area contributed by atoms with E-state index in [4.69, 9.17) is 9.15 Å². The first-order chi connectivity index (χ1) is 14.0. The van der Waals surface area contributed by atoms with Crippen molar-refractivity contribution in [3.63, 3.8) is 0 Å². The number of fused-ring (bicyclic) bond motifs is 1. The molecule has 0 bridgehead atoms. The summed E-state index contributed by atoms with van der Waals surface area (Å²) in [5.74, 6) is 0.856. The van der Waals surface area contributed by atoms with Crippen LogP contribution in [0.1, 0.15) is 15.9 Å². The van der Waals surface area contributed by atoms with E-state index in [2.05, 4.69) is 42.2 Å². The van der Waals surface area contributed by atoms with Crippen LogP contribution in [-0.2, 0) is 6.54 Å². The minimum atomic E-state index is -0.216. The molecule has 7 heteroatoms. The lowest BCUT2D eigenvalue weighted by Gasteiger charge is -2.12. The monoisotopic (exact) mass is 514 g/mol. The zero-order chi connectivity index (χ0) is 20.4. The van der Waals surface area contributed by atoms with Crippen LogP contribution in [0.4, 0.5) is 0 Å². The molecule has 0 aliphatic rings. The molecule has 4 rings (SSSR count). The minimum absolute atomic E-state index is 0.216. The van der Waals surface area contributed by atoms with Crippen LogP contribution >= 0.6 is 31.9 Å². The van der Waals surface area contributed by atoms with Crippen molar-refractivity contribution >= 4 is 48.9 Å². The molecule has 1 N–H and O–H groups in total. The molecule has 29 heavy (non-hydrogen) atoms. The van der Waals surface area contributed by atoms with Crippen molar-refractivity contribution < 1.29 is 13.9 Å². The lowest BCUT2D eigenvalue weighted by Crippen LogP contribution is -2.23. The van der Waals surface area contributed by atoms with E-state index in [-0.39, 0.29) is 5.91 Å². The van der Waals surface area contributed by atoms with E-state index in [1.54, 1.807) is 6.07 Å². The number of amides is 1. The molecule has 0 aliphatic carbocycles. The number of benzene rings is 3. The number of oxazole rings is 1. The van der Waals surface area contributed by atoms with Crippen molar-refractivity contribution in [2.24, 2.45) is 0 Å². The molecule has 0 saturated heterocycles. The third-order valence-electron chi connectivity index (χ3n) is 4.40. The molecular weight excluding hydrogens is 500 g/mol. The molecule has 0 fully saturated rings. The quantitative estimate of drug-likeness (QED) is 0.356. The van der Waals surface area contributed by atoms with E-state index in [0.29, 0.717) is 28.2 Å². The van der Waals surface area contributed by atoms with Crippen LogP contribution in [0.5, 0.6) is 5.75 Å². The van der Waals surface area contributed by atoms with E-state index < -0.39 is 0 Å². The fourth-order valence-corrected chi connectivity index (χ4v) is 4.36. The van der Waals surface area contributed by atoms with E-state index >= 15 is 0 Å². The van der Waals surface area contributed by atoms with Crippen LogP contribution in [0.2, 0.25) is 0 Å². The summed E-state index contributed by atoms with van der Waals surface area (Å²) in [6, 6.07) is 19.0. The number of para-hydroxylation sites is 2. The van der Waals surface area contributed by atoms with Crippen LogP contribution in [-0.4, -0.2) is 18.0 Å². The number of nitrogens with one attached hydrogen (secondary N) is 1. The number of nitrogens with zero attached hydrogens (tertiary/aromatic N) is 1. The van der Waals surface area contributed by atoms with Crippen molar-refractivity contribution in [2.45, 2.75) is 6.54 Å². The molecule has 1 amide bonds. The topological polar surface area (TPSA) is 64.4 Å². The standard InChI is InChI=1S/C22H16Br2N2O3/c1-28-20-16(10-15(23)11-17(20)24)21(27)25-12-13-6-8-14(9-7-13)22-26-18-4-2-3-5-19(18)29-22/h2-11H,12H2,1H3,(H,25,27). The molecule has 0 saturated carbocycles. The predicted octanol–water partition coefficient (Wildman–Crippen LogP) is 5.96. The largest absolute Gasteiger partial charge is 0.495 e. The van der Waals surface area contributed by atoms with Crippen molar-refractivity contribution in [2.75, 3.05) is 7.11 Å². The Labute approximate surface area is 184 Å². The number of carbonyl (C=O) groups is 1. The number of hydrogen-bond donors (Lipinski definition) is 1. The summed E-state index contributed by atoms with van der Waals surface area (Å²) < 4.78 is 12.6. The molecule has 146 valence electrons. The lowest BCUT2D eigenvalue weighted by molar-refractivity contribution is 0.0947. The fourth-order valence-electron chi connectivity index (χ4n) is 2.97. The van der Waals surface area contributed by atoms with Gasteiger partial charge in [-0.05, 0) is 57.9 Å². The van der Waals surface area contributed by atoms with Crippen LogP contribution < -0.4 is 10.1 Å². The van der Waals surface area contributed by atoms with Gasteiger partial charge in [0.05, 0.1) is 17.1 Å². The van der Waals surface area contributed by atoms with Gasteiger partial charge in [-0.3, -0.25) is 4.79 Å². The Hall–Kier alpha value is -2.64. The van der Waals surface area contributed by atoms with Gasteiger partial charge in [0, 0.05) is 16.6 Å². The van der Waals surface area contributed by atoms with Gasteiger partial charge in [0.15, 0.2) is 5.58 Å². The number of carbonyl (C=O) groups excluding carboxylic acids is 1. The van der Waals surface area contributed by atoms with E-state index in [1.807, 2.05) is 54.6 Å². The van der Waals surface area contributed by atoms with Gasteiger partial charge >= 0.3 is 0 Å². The molecule has 4 aromatic rings. The van der Waals surface area contributed by atoms with Gasteiger partial charge in [-0.25, -0.2) is 4.98 Å². The molecule has 0 unspecified atom stereocenters. The van der Waals surface area contributed by atoms with Crippen molar-refractivity contribution in [3.05, 3.63) is 80.7 Å². The second-order valence-electron chi connectivity index (χ2n) is 6.33. The maximum atomic E-state index is 12.6. The Morgan fingerprint density at radius 2 is 1.86 bits per heavy atom. The summed E-state index contributed by atoms with van der Waals surface area (Å²) in [5.41, 5.74) is 3.89. The highest BCUT2D eigenvalue weighted by Gasteiger charge is 2.16. The van der Waals surface area contributed by atoms with Gasteiger partial charge in [-0.1, -0.05) is 40.2 Å². The van der Waals surface area contributed by atoms with E-state index in [9.17, 15) is 4.79 Å². The second-order valence-corrected chi connectivity index (χ2v) is 8.10. The Balaban J connectivity index is 1.47. The number of hydrogen-bond acceptors (Lipinski definition) is 4. The zero-order valence-corrected chi connectivity index (χ0v) is 18.6. The molecular formula is C22H16Br2N2O3. The first-order valence-electron chi connectivity index (χ1n) is 8.81. The summed E-state index contributed by atoms with van der Waals surface area (Å²) in [6.07, 6.45) is 0. The molecule has 1 aromatic heterocycles. The Morgan fingerprint density at radius 3 is 2.59 bits per heavy atom. The van der Waals surface area contributed by atoms with Gasteiger partial charge in [-0.2, -0.15) is 0 Å². The summed E-state index contributed by atoms with van der Waals surface area (Å²) in [4.78, 5) is 17.1. The number of aromatic nitrogens is 1. The van der Waals surface area contributed by atoms with Crippen molar-refractivity contribution in [3.8, 4) is 17.2 Å². The molecule has 3 aromatic carbocycles. The summed E-state index contributed by atoms with van der Waals surface area (Å²) in [5, 5.41) is 2.93. The van der Waals surface area contributed by atoms with E-state index in [1.165, 1.54) is 7.11 Å². The normalized spacial score (nSPS) is 10.9. The van der Waals surface area contributed by atoms with Crippen molar-refractivity contribution in [1.29, 1.82) is 0 Å². The average molecular weight is 516 g/mol. The maximum Gasteiger partial charge on any atom is 0.255 e. The van der Waals surface area contributed by atoms with Crippen LogP contribution in [0.15, 0.2) is 74.0 Å². The fraction of sp³-hybridized carbons (Fsp3) is 0.0909. The lowest BCUT2D eigenvalue weighted by atomic mass is 10.1. The third-order valence-corrected chi connectivity index (χ3v) is 5.45. The number of halogens is 2. The van der Waals surface area contributed by atoms with Gasteiger partial charge in [0.25, 0.3) is 5.91 Å². The minimum Gasteiger partial charge on any atom is -0.495 e. The van der Waals surface area contributed by atoms with Gasteiger partial charge in [0.1, 0.15) is 11.3 Å². The van der Waals surface area contributed by atoms with Gasteiger partial charge in [-0.15, -0.1) is 0 Å². The first kappa shape index (κ1) is 19.7. The molecule has 0 radical (unpaired) electrons. The summed E-state index contributed by atoms with van der Waals surface area (Å²) in [7, 11) is 1.54. The number of ether oxygens (including phenoxy) is 1. The molecule has 1 heterocycles. The Kier molecular flexibility index (Phi) is 5.69. The molecule has 0 atom stereocenters. The van der Waals surface area contributed by atoms with E-state index in [0.717, 1.165) is 26.7 Å². The average Bonchev–Trinajstić information content (AvgIpc) is 3.16. The molecule has 0 spiro atoms. The Bertz CT molecular complexity index is 1150. The Morgan fingerprint density at radius 1 is 1.10 bits per heavy atom. The third kappa shape index (κ3) is 4.21. The van der Waals surface area contributed by atoms with Crippen LogP contribution in [0.3, 0.4) is 0 Å². The first-order valence-corrected chi connectivity index (χ1v) is 10.4. The highest BCUT2D eigenvalue weighted by Crippen LogP contribution is 2.32. The highest BCUT2D eigenvalue weighted by molar-refractivity contribution is 9.11. The summed E-state index contributed by atoms with van der Waals surface area (Å²) >= 11 is 6.82. The highest BCUT2D eigenvalue weighted by atomic mass is 79.9. The maximum absolute atomic E-state index is 12.6. The zero-order valence-electron chi connectivity index (χ0n) is 15.4. The number of methoxy groups -OCH3 is 1. The number of rotatable bonds is 5.